The molecule has 1 aliphatic rings. The normalized spacial score (nSPS) is 14.3. The van der Waals surface area contributed by atoms with Crippen molar-refractivity contribution in [1.29, 1.82) is 0 Å². The van der Waals surface area contributed by atoms with E-state index < -0.39 is 0 Å². The standard InChI is InChI=1S/C26H31ClN4O3/c1-18-13-19(2)23-15-20(25(32)29-24(23)14-18)17-31(8-4-7-30-9-11-34-12-10-30)26(33)28-22-6-3-5-21(27)16-22/h3,5-6,13-16H,4,7-12,17H2,1-2H3,(H,28,33)(H,29,32). The summed E-state index contributed by atoms with van der Waals surface area (Å²) in [7, 11) is 0. The third-order valence-corrected chi connectivity index (χ3v) is 6.36. The van der Waals surface area contributed by atoms with Crippen LogP contribution in [0.25, 0.3) is 10.9 Å². The molecule has 34 heavy (non-hydrogen) atoms. The zero-order valence-electron chi connectivity index (χ0n) is 19.7. The van der Waals surface area contributed by atoms with Crippen molar-refractivity contribution in [3.8, 4) is 0 Å². The van der Waals surface area contributed by atoms with Gasteiger partial charge in [0.05, 0.1) is 19.8 Å². The predicted octanol–water partition coefficient (Wildman–Crippen LogP) is 4.55. The number of H-pyrrole nitrogens is 1. The van der Waals surface area contributed by atoms with Crippen LogP contribution < -0.4 is 10.9 Å². The van der Waals surface area contributed by atoms with Gasteiger partial charge < -0.3 is 19.9 Å². The number of carbonyl (C=O) groups is 1. The Balaban J connectivity index is 1.54. The zero-order valence-corrected chi connectivity index (χ0v) is 20.5. The van der Waals surface area contributed by atoms with Gasteiger partial charge in [-0.1, -0.05) is 23.7 Å². The third-order valence-electron chi connectivity index (χ3n) is 6.12. The Bertz CT molecular complexity index is 1220. The number of halogens is 1. The van der Waals surface area contributed by atoms with E-state index in [0.717, 1.165) is 61.3 Å². The molecule has 0 unspecified atom stereocenters. The number of fused-ring (bicyclic) bond motifs is 1. The summed E-state index contributed by atoms with van der Waals surface area (Å²) < 4.78 is 5.42. The fraction of sp³-hybridized carbons (Fsp3) is 0.385. The van der Waals surface area contributed by atoms with E-state index in [1.165, 1.54) is 0 Å². The Morgan fingerprint density at radius 2 is 1.97 bits per heavy atom. The van der Waals surface area contributed by atoms with Gasteiger partial charge in [-0.2, -0.15) is 0 Å². The number of anilines is 1. The number of urea groups is 1. The van der Waals surface area contributed by atoms with E-state index in [4.69, 9.17) is 16.3 Å². The summed E-state index contributed by atoms with van der Waals surface area (Å²) >= 11 is 6.08. The van der Waals surface area contributed by atoms with E-state index >= 15 is 0 Å². The van der Waals surface area contributed by atoms with Crippen LogP contribution in [0.15, 0.2) is 47.3 Å². The topological polar surface area (TPSA) is 77.7 Å². The van der Waals surface area contributed by atoms with Gasteiger partial charge in [0.25, 0.3) is 5.56 Å². The summed E-state index contributed by atoms with van der Waals surface area (Å²) in [5, 5.41) is 4.46. The van der Waals surface area contributed by atoms with E-state index in [1.54, 1.807) is 29.2 Å². The van der Waals surface area contributed by atoms with Gasteiger partial charge >= 0.3 is 6.03 Å². The second-order valence-electron chi connectivity index (χ2n) is 8.84. The summed E-state index contributed by atoms with van der Waals surface area (Å²) in [6, 6.07) is 12.8. The van der Waals surface area contributed by atoms with Crippen LogP contribution >= 0.6 is 11.6 Å². The molecule has 1 fully saturated rings. The van der Waals surface area contributed by atoms with Crippen LogP contribution in [0.4, 0.5) is 10.5 Å². The van der Waals surface area contributed by atoms with Gasteiger partial charge in [0, 0.05) is 53.4 Å². The van der Waals surface area contributed by atoms with Crippen molar-refractivity contribution < 1.29 is 9.53 Å². The molecule has 0 spiro atoms. The summed E-state index contributed by atoms with van der Waals surface area (Å²) in [5.41, 5.74) is 4.01. The van der Waals surface area contributed by atoms with Crippen molar-refractivity contribution >= 4 is 34.2 Å². The molecule has 4 rings (SSSR count). The van der Waals surface area contributed by atoms with E-state index in [1.807, 2.05) is 26.0 Å². The molecule has 0 atom stereocenters. The molecule has 7 nitrogen and oxygen atoms in total. The summed E-state index contributed by atoms with van der Waals surface area (Å²) in [6.45, 7) is 8.93. The fourth-order valence-corrected chi connectivity index (χ4v) is 4.56. The molecule has 1 saturated heterocycles. The van der Waals surface area contributed by atoms with E-state index in [0.29, 0.717) is 22.8 Å². The number of hydrogen-bond acceptors (Lipinski definition) is 4. The van der Waals surface area contributed by atoms with E-state index in [-0.39, 0.29) is 18.1 Å². The second kappa shape index (κ2) is 11.0. The number of aromatic nitrogens is 1. The number of hydrogen-bond donors (Lipinski definition) is 2. The highest BCUT2D eigenvalue weighted by atomic mass is 35.5. The smallest absolute Gasteiger partial charge is 0.322 e. The van der Waals surface area contributed by atoms with E-state index in [2.05, 4.69) is 21.3 Å². The fourth-order valence-electron chi connectivity index (χ4n) is 4.37. The molecule has 0 aliphatic carbocycles. The van der Waals surface area contributed by atoms with Gasteiger partial charge in [0.1, 0.15) is 0 Å². The molecule has 0 saturated carbocycles. The molecule has 8 heteroatoms. The van der Waals surface area contributed by atoms with Crippen molar-refractivity contribution in [2.45, 2.75) is 26.8 Å². The van der Waals surface area contributed by atoms with Gasteiger partial charge in [-0.05, 0) is 61.7 Å². The molecule has 0 radical (unpaired) electrons. The molecular weight excluding hydrogens is 452 g/mol. The number of amides is 2. The number of carbonyl (C=O) groups excluding carboxylic acids is 1. The minimum atomic E-state index is -0.260. The predicted molar refractivity (Wildman–Crippen MR) is 137 cm³/mol. The highest BCUT2D eigenvalue weighted by molar-refractivity contribution is 6.30. The number of morpholine rings is 1. The molecule has 2 aromatic carbocycles. The first-order valence-corrected chi connectivity index (χ1v) is 12.0. The first-order valence-electron chi connectivity index (χ1n) is 11.6. The molecular formula is C26H31ClN4O3. The number of benzene rings is 2. The molecule has 3 aromatic rings. The quantitative estimate of drug-likeness (QED) is 0.517. The average Bonchev–Trinajstić information content (AvgIpc) is 2.79. The Labute approximate surface area is 204 Å². The third kappa shape index (κ3) is 6.17. The Morgan fingerprint density at radius 1 is 1.18 bits per heavy atom. The average molecular weight is 483 g/mol. The van der Waals surface area contributed by atoms with Crippen molar-refractivity contribution in [2.75, 3.05) is 44.7 Å². The number of pyridine rings is 1. The molecule has 0 bridgehead atoms. The zero-order chi connectivity index (χ0) is 24.1. The Hall–Kier alpha value is -2.87. The van der Waals surface area contributed by atoms with Crippen LogP contribution in [-0.2, 0) is 11.3 Å². The van der Waals surface area contributed by atoms with Gasteiger partial charge in [-0.25, -0.2) is 4.79 Å². The Morgan fingerprint density at radius 3 is 2.74 bits per heavy atom. The number of rotatable bonds is 7. The van der Waals surface area contributed by atoms with Crippen molar-refractivity contribution in [3.63, 3.8) is 0 Å². The molecule has 2 heterocycles. The Kier molecular flexibility index (Phi) is 7.88. The maximum absolute atomic E-state index is 13.2. The number of nitrogens with zero attached hydrogens (tertiary/aromatic N) is 2. The maximum atomic E-state index is 13.2. The number of nitrogens with one attached hydrogen (secondary N) is 2. The van der Waals surface area contributed by atoms with Gasteiger partial charge in [-0.15, -0.1) is 0 Å². The van der Waals surface area contributed by atoms with Crippen molar-refractivity contribution in [1.82, 2.24) is 14.8 Å². The van der Waals surface area contributed by atoms with Crippen LogP contribution in [0, 0.1) is 13.8 Å². The minimum absolute atomic E-state index is 0.175. The lowest BCUT2D eigenvalue weighted by Crippen LogP contribution is -2.40. The molecule has 1 aliphatic heterocycles. The lowest BCUT2D eigenvalue weighted by atomic mass is 10.0. The number of ether oxygens (including phenoxy) is 1. The lowest BCUT2D eigenvalue weighted by Gasteiger charge is -2.28. The first kappa shape index (κ1) is 24.3. The van der Waals surface area contributed by atoms with Crippen molar-refractivity contribution in [3.05, 3.63) is 74.5 Å². The molecule has 1 aromatic heterocycles. The first-order chi connectivity index (χ1) is 16.4. The summed E-state index contributed by atoms with van der Waals surface area (Å²) in [4.78, 5) is 33.1. The lowest BCUT2D eigenvalue weighted by molar-refractivity contribution is 0.0365. The van der Waals surface area contributed by atoms with Gasteiger partial charge in [0.2, 0.25) is 0 Å². The van der Waals surface area contributed by atoms with E-state index in [9.17, 15) is 9.59 Å². The van der Waals surface area contributed by atoms with Gasteiger partial charge in [0.15, 0.2) is 0 Å². The highest BCUT2D eigenvalue weighted by Crippen LogP contribution is 2.20. The van der Waals surface area contributed by atoms with Crippen LogP contribution in [0.1, 0.15) is 23.1 Å². The van der Waals surface area contributed by atoms with Gasteiger partial charge in [-0.3, -0.25) is 9.69 Å². The summed E-state index contributed by atoms with van der Waals surface area (Å²) in [5.74, 6) is 0. The van der Waals surface area contributed by atoms with Crippen LogP contribution in [0.2, 0.25) is 5.02 Å². The molecule has 180 valence electrons. The SMILES string of the molecule is Cc1cc(C)c2cc(CN(CCCN3CCOCC3)C(=O)Nc3cccc(Cl)c3)c(=O)[nH]c2c1. The van der Waals surface area contributed by atoms with Crippen LogP contribution in [0.5, 0.6) is 0 Å². The second-order valence-corrected chi connectivity index (χ2v) is 9.27. The summed E-state index contributed by atoms with van der Waals surface area (Å²) in [6.07, 6.45) is 0.798. The van der Waals surface area contributed by atoms with Crippen LogP contribution in [0.3, 0.4) is 0 Å². The largest absolute Gasteiger partial charge is 0.379 e. The maximum Gasteiger partial charge on any atom is 0.322 e. The number of aromatic amines is 1. The minimum Gasteiger partial charge on any atom is -0.379 e. The monoisotopic (exact) mass is 482 g/mol. The van der Waals surface area contributed by atoms with Crippen molar-refractivity contribution in [2.24, 2.45) is 0 Å². The van der Waals surface area contributed by atoms with Crippen LogP contribution in [-0.4, -0.2) is 60.2 Å². The molecule has 2 N–H and O–H groups in total. The number of aryl methyl sites for hydroxylation is 2. The molecule has 2 amide bonds. The highest BCUT2D eigenvalue weighted by Gasteiger charge is 2.18.